The van der Waals surface area contributed by atoms with Crippen LogP contribution in [0.1, 0.15) is 56.6 Å². The van der Waals surface area contributed by atoms with Gasteiger partial charge in [-0.2, -0.15) is 0 Å². The van der Waals surface area contributed by atoms with Crippen LogP contribution >= 0.6 is 0 Å². The second-order valence-electron chi connectivity index (χ2n) is 6.23. The van der Waals surface area contributed by atoms with E-state index < -0.39 is 0 Å². The lowest BCUT2D eigenvalue weighted by molar-refractivity contribution is -0.123. The third-order valence-corrected chi connectivity index (χ3v) is 5.19. The highest BCUT2D eigenvalue weighted by Crippen LogP contribution is 2.52. The molecule has 0 amide bonds. The molecular formula is C17H22O2. The Labute approximate surface area is 114 Å². The van der Waals surface area contributed by atoms with E-state index in [0.29, 0.717) is 17.5 Å². The van der Waals surface area contributed by atoms with Crippen LogP contribution in [0.2, 0.25) is 0 Å². The number of ketones is 1. The lowest BCUT2D eigenvalue weighted by atomic mass is 9.55. The Morgan fingerprint density at radius 1 is 1.37 bits per heavy atom. The third-order valence-electron chi connectivity index (χ3n) is 5.19. The number of benzene rings is 1. The molecule has 0 saturated heterocycles. The zero-order chi connectivity index (χ0) is 13.5. The number of aryl methyl sites for hydroxylation is 1. The lowest BCUT2D eigenvalue weighted by Crippen LogP contribution is -2.44. The van der Waals surface area contributed by atoms with Crippen molar-refractivity contribution < 1.29 is 9.90 Å². The normalized spacial score (nSPS) is 29.7. The van der Waals surface area contributed by atoms with E-state index in [2.05, 4.69) is 13.0 Å². The van der Waals surface area contributed by atoms with Crippen molar-refractivity contribution in [3.63, 3.8) is 0 Å². The topological polar surface area (TPSA) is 37.3 Å². The van der Waals surface area contributed by atoms with Crippen molar-refractivity contribution in [1.82, 2.24) is 0 Å². The van der Waals surface area contributed by atoms with Crippen LogP contribution in [0.3, 0.4) is 0 Å². The van der Waals surface area contributed by atoms with Crippen LogP contribution in [-0.4, -0.2) is 10.9 Å². The number of phenols is 1. The highest BCUT2D eigenvalue weighted by molar-refractivity contribution is 5.80. The van der Waals surface area contributed by atoms with Crippen molar-refractivity contribution >= 4 is 5.78 Å². The number of hydrogen-bond acceptors (Lipinski definition) is 2. The Kier molecular flexibility index (Phi) is 3.12. The largest absolute Gasteiger partial charge is 0.508 e. The average Bonchev–Trinajstić information content (AvgIpc) is 2.39. The summed E-state index contributed by atoms with van der Waals surface area (Å²) >= 11 is 0. The van der Waals surface area contributed by atoms with Gasteiger partial charge in [-0.15, -0.1) is 0 Å². The van der Waals surface area contributed by atoms with Gasteiger partial charge in [-0.05, 0) is 60.3 Å². The van der Waals surface area contributed by atoms with E-state index in [-0.39, 0.29) is 5.41 Å². The number of aromatic hydroxyl groups is 1. The standard InChI is InChI=1S/C17H22O2/c1-2-8-17-9-7-15(19)11-13(17)4-3-12-10-14(18)5-6-16(12)17/h5-6,10,13,18H,2-4,7-9,11H2,1H3/t13-,17+/m0/s1. The molecule has 19 heavy (non-hydrogen) atoms. The van der Waals surface area contributed by atoms with Crippen LogP contribution in [0.15, 0.2) is 18.2 Å². The molecule has 0 aliphatic heterocycles. The van der Waals surface area contributed by atoms with Gasteiger partial charge >= 0.3 is 0 Å². The van der Waals surface area contributed by atoms with Gasteiger partial charge in [0.1, 0.15) is 11.5 Å². The molecule has 2 aliphatic carbocycles. The van der Waals surface area contributed by atoms with Gasteiger partial charge in [-0.1, -0.05) is 19.4 Å². The Morgan fingerprint density at radius 3 is 3.00 bits per heavy atom. The van der Waals surface area contributed by atoms with Crippen LogP contribution in [-0.2, 0) is 16.6 Å². The van der Waals surface area contributed by atoms with Crippen LogP contribution < -0.4 is 0 Å². The summed E-state index contributed by atoms with van der Waals surface area (Å²) in [6.45, 7) is 2.23. The first kappa shape index (κ1) is 12.7. The molecule has 0 bridgehead atoms. The van der Waals surface area contributed by atoms with E-state index in [4.69, 9.17) is 0 Å². The fourth-order valence-corrected chi connectivity index (χ4v) is 4.38. The van der Waals surface area contributed by atoms with Gasteiger partial charge in [0, 0.05) is 12.8 Å². The Hall–Kier alpha value is -1.31. The molecule has 1 saturated carbocycles. The van der Waals surface area contributed by atoms with Gasteiger partial charge in [0.15, 0.2) is 0 Å². The summed E-state index contributed by atoms with van der Waals surface area (Å²) < 4.78 is 0. The fourth-order valence-electron chi connectivity index (χ4n) is 4.38. The zero-order valence-electron chi connectivity index (χ0n) is 11.6. The maximum absolute atomic E-state index is 11.8. The number of rotatable bonds is 2. The summed E-state index contributed by atoms with van der Waals surface area (Å²) in [5.74, 6) is 1.33. The van der Waals surface area contributed by atoms with E-state index in [0.717, 1.165) is 38.5 Å². The number of carbonyl (C=O) groups is 1. The molecule has 2 heteroatoms. The first-order valence-electron chi connectivity index (χ1n) is 7.50. The SMILES string of the molecule is CCC[C@@]12CCC(=O)C[C@@H]1CCc1cc(O)ccc12. The van der Waals surface area contributed by atoms with Crippen molar-refractivity contribution in [3.8, 4) is 5.75 Å². The molecule has 1 fully saturated rings. The monoisotopic (exact) mass is 258 g/mol. The predicted octanol–water partition coefficient (Wildman–Crippen LogP) is 3.75. The molecule has 1 N–H and O–H groups in total. The fraction of sp³-hybridized carbons (Fsp3) is 0.588. The van der Waals surface area contributed by atoms with Crippen molar-refractivity contribution in [1.29, 1.82) is 0 Å². The summed E-state index contributed by atoms with van der Waals surface area (Å²) in [5.41, 5.74) is 2.92. The minimum absolute atomic E-state index is 0.198. The quantitative estimate of drug-likeness (QED) is 0.877. The number of fused-ring (bicyclic) bond motifs is 3. The van der Waals surface area contributed by atoms with Crippen LogP contribution in [0, 0.1) is 5.92 Å². The van der Waals surface area contributed by atoms with Crippen molar-refractivity contribution in [2.24, 2.45) is 5.92 Å². The van der Waals surface area contributed by atoms with Crippen LogP contribution in [0.25, 0.3) is 0 Å². The molecule has 102 valence electrons. The van der Waals surface area contributed by atoms with E-state index in [1.165, 1.54) is 17.5 Å². The Balaban J connectivity index is 2.08. The van der Waals surface area contributed by atoms with Crippen LogP contribution in [0.5, 0.6) is 5.75 Å². The summed E-state index contributed by atoms with van der Waals surface area (Å²) in [5, 5.41) is 9.69. The molecule has 2 atom stereocenters. The van der Waals surface area contributed by atoms with Crippen LogP contribution in [0.4, 0.5) is 0 Å². The lowest BCUT2D eigenvalue weighted by Gasteiger charge is -2.48. The average molecular weight is 258 g/mol. The molecule has 0 aromatic heterocycles. The smallest absolute Gasteiger partial charge is 0.133 e. The number of phenolic OH excluding ortho intramolecular Hbond substituents is 1. The van der Waals surface area contributed by atoms with Gasteiger partial charge < -0.3 is 5.11 Å². The summed E-state index contributed by atoms with van der Waals surface area (Å²) in [4.78, 5) is 11.8. The number of Topliss-reactive ketones (excluding diaryl/α,β-unsaturated/α-hetero) is 1. The molecule has 2 nitrogen and oxygen atoms in total. The maximum atomic E-state index is 11.8. The second kappa shape index (κ2) is 4.66. The molecule has 3 rings (SSSR count). The molecule has 2 aliphatic rings. The van der Waals surface area contributed by atoms with Gasteiger partial charge in [0.25, 0.3) is 0 Å². The zero-order valence-corrected chi connectivity index (χ0v) is 11.6. The van der Waals surface area contributed by atoms with E-state index >= 15 is 0 Å². The van der Waals surface area contributed by atoms with Gasteiger partial charge in [0.2, 0.25) is 0 Å². The molecule has 1 aromatic rings. The van der Waals surface area contributed by atoms with E-state index in [9.17, 15) is 9.90 Å². The molecule has 0 heterocycles. The first-order valence-corrected chi connectivity index (χ1v) is 7.50. The Morgan fingerprint density at radius 2 is 2.21 bits per heavy atom. The second-order valence-corrected chi connectivity index (χ2v) is 6.23. The molecule has 0 radical (unpaired) electrons. The third kappa shape index (κ3) is 1.98. The highest BCUT2D eigenvalue weighted by atomic mass is 16.3. The summed E-state index contributed by atoms with van der Waals surface area (Å²) in [6.07, 6.45) is 6.93. The Bertz CT molecular complexity index is 506. The van der Waals surface area contributed by atoms with Gasteiger partial charge in [0.05, 0.1) is 0 Å². The number of hydrogen-bond donors (Lipinski definition) is 1. The first-order chi connectivity index (χ1) is 9.15. The van der Waals surface area contributed by atoms with E-state index in [1.54, 1.807) is 0 Å². The van der Waals surface area contributed by atoms with Gasteiger partial charge in [-0.3, -0.25) is 4.79 Å². The summed E-state index contributed by atoms with van der Waals surface area (Å²) in [6, 6.07) is 5.86. The maximum Gasteiger partial charge on any atom is 0.133 e. The molecule has 0 spiro atoms. The van der Waals surface area contributed by atoms with Crippen molar-refractivity contribution in [2.75, 3.05) is 0 Å². The molecule has 1 aromatic carbocycles. The number of carbonyl (C=O) groups excluding carboxylic acids is 1. The minimum Gasteiger partial charge on any atom is -0.508 e. The van der Waals surface area contributed by atoms with E-state index in [1.807, 2.05) is 12.1 Å². The van der Waals surface area contributed by atoms with Crippen molar-refractivity contribution in [2.45, 2.75) is 57.3 Å². The minimum atomic E-state index is 0.198. The highest BCUT2D eigenvalue weighted by Gasteiger charge is 2.46. The summed E-state index contributed by atoms with van der Waals surface area (Å²) in [7, 11) is 0. The van der Waals surface area contributed by atoms with Crippen molar-refractivity contribution in [3.05, 3.63) is 29.3 Å². The molecule has 0 unspecified atom stereocenters. The molecular weight excluding hydrogens is 236 g/mol. The van der Waals surface area contributed by atoms with Gasteiger partial charge in [-0.25, -0.2) is 0 Å². The predicted molar refractivity (Wildman–Crippen MR) is 75.4 cm³/mol.